The molecule has 0 bridgehead atoms. The maximum absolute atomic E-state index is 10.1. The summed E-state index contributed by atoms with van der Waals surface area (Å²) in [5, 5.41) is 38.9. The van der Waals surface area contributed by atoms with Gasteiger partial charge in [-0.2, -0.15) is 0 Å². The Hall–Kier alpha value is -0.848. The molecule has 16 heavy (non-hydrogen) atoms. The molecule has 0 atom stereocenters. The average Bonchev–Trinajstić information content (AvgIpc) is 2.04. The summed E-state index contributed by atoms with van der Waals surface area (Å²) in [5.74, 6) is -5.98. The molecule has 0 fully saturated rings. The Bertz CT molecular complexity index is 239. The first-order chi connectivity index (χ1) is 6.78. The van der Waals surface area contributed by atoms with Crippen molar-refractivity contribution in [2.24, 2.45) is 0 Å². The zero-order valence-electron chi connectivity index (χ0n) is 7.71. The van der Waals surface area contributed by atoms with Gasteiger partial charge in [-0.25, -0.2) is 0 Å². The second-order valence-electron chi connectivity index (χ2n) is 2.42. The van der Waals surface area contributed by atoms with E-state index in [2.05, 4.69) is 11.9 Å². The van der Waals surface area contributed by atoms with Crippen LogP contribution in [-0.4, -0.2) is 50.6 Å². The SMILES string of the molecule is O=C([O-])CC(O)(CC(=O)[O-])C(=O)[O-].OCl.[Al+3]. The molecule has 0 heterocycles. The Kier molecular flexibility index (Phi) is 12.1. The van der Waals surface area contributed by atoms with Crippen LogP contribution in [0.5, 0.6) is 0 Å². The van der Waals surface area contributed by atoms with Gasteiger partial charge in [0.2, 0.25) is 0 Å². The second-order valence-corrected chi connectivity index (χ2v) is 2.42. The number of hydrogen-bond acceptors (Lipinski definition) is 8. The van der Waals surface area contributed by atoms with E-state index in [1.54, 1.807) is 0 Å². The molecular formula is C6H6AlClO8. The number of carboxylic acids is 3. The molecular weight excluding hydrogens is 262 g/mol. The third-order valence-electron chi connectivity index (χ3n) is 1.25. The van der Waals surface area contributed by atoms with Crippen molar-refractivity contribution < 1.29 is 39.5 Å². The minimum Gasteiger partial charge on any atom is -0.550 e. The number of rotatable bonds is 5. The molecule has 0 aliphatic carbocycles. The van der Waals surface area contributed by atoms with Crippen molar-refractivity contribution in [3.63, 3.8) is 0 Å². The summed E-state index contributed by atoms with van der Waals surface area (Å²) >= 11 is 3.64. The van der Waals surface area contributed by atoms with Crippen LogP contribution in [0.4, 0.5) is 0 Å². The minimum atomic E-state index is -2.97. The van der Waals surface area contributed by atoms with Gasteiger partial charge in [-0.3, -0.25) is 4.66 Å². The molecule has 0 saturated heterocycles. The van der Waals surface area contributed by atoms with E-state index in [9.17, 15) is 29.7 Å². The summed E-state index contributed by atoms with van der Waals surface area (Å²) < 4.78 is 6.47. The van der Waals surface area contributed by atoms with Crippen molar-refractivity contribution in [1.29, 1.82) is 0 Å². The van der Waals surface area contributed by atoms with Gasteiger partial charge in [0.15, 0.2) is 0 Å². The first-order valence-corrected chi connectivity index (χ1v) is 3.62. The van der Waals surface area contributed by atoms with Crippen LogP contribution in [-0.2, 0) is 14.4 Å². The van der Waals surface area contributed by atoms with Crippen molar-refractivity contribution in [2.75, 3.05) is 0 Å². The quantitative estimate of drug-likeness (QED) is 0.467. The molecule has 0 amide bonds. The minimum absolute atomic E-state index is 0. The van der Waals surface area contributed by atoms with Gasteiger partial charge in [0.05, 0.1) is 17.8 Å². The number of carboxylic acid groups (broad SMARTS) is 3. The third kappa shape index (κ3) is 8.46. The van der Waals surface area contributed by atoms with E-state index in [-0.39, 0.29) is 17.4 Å². The number of halogens is 1. The average molecular weight is 269 g/mol. The van der Waals surface area contributed by atoms with E-state index in [1.807, 2.05) is 0 Å². The van der Waals surface area contributed by atoms with Gasteiger partial charge in [0, 0.05) is 24.8 Å². The van der Waals surface area contributed by atoms with Crippen LogP contribution in [0.3, 0.4) is 0 Å². The van der Waals surface area contributed by atoms with Crippen LogP contribution in [0.2, 0.25) is 0 Å². The monoisotopic (exact) mass is 268 g/mol. The predicted molar refractivity (Wildman–Crippen MR) is 43.0 cm³/mol. The first kappa shape index (κ1) is 20.6. The summed E-state index contributed by atoms with van der Waals surface area (Å²) in [4.78, 5) is 30.0. The summed E-state index contributed by atoms with van der Waals surface area (Å²) in [7, 11) is 0. The van der Waals surface area contributed by atoms with Gasteiger partial charge in [-0.1, -0.05) is 0 Å². The number of aliphatic carboxylic acids is 3. The molecule has 2 N–H and O–H groups in total. The molecule has 10 heteroatoms. The van der Waals surface area contributed by atoms with Crippen LogP contribution in [0.25, 0.3) is 0 Å². The molecule has 0 aliphatic rings. The molecule has 88 valence electrons. The van der Waals surface area contributed by atoms with Gasteiger partial charge in [-0.15, -0.1) is 0 Å². The molecule has 8 nitrogen and oxygen atoms in total. The molecule has 0 aromatic heterocycles. The van der Waals surface area contributed by atoms with Gasteiger partial charge >= 0.3 is 17.4 Å². The van der Waals surface area contributed by atoms with Crippen molar-refractivity contribution in [3.05, 3.63) is 0 Å². The summed E-state index contributed by atoms with van der Waals surface area (Å²) in [6.45, 7) is 0. The van der Waals surface area contributed by atoms with Crippen molar-refractivity contribution >= 4 is 47.1 Å². The Morgan fingerprint density at radius 3 is 1.38 bits per heavy atom. The van der Waals surface area contributed by atoms with Crippen molar-refractivity contribution in [3.8, 4) is 0 Å². The van der Waals surface area contributed by atoms with E-state index in [4.69, 9.17) is 9.77 Å². The number of aliphatic hydroxyl groups is 1. The fourth-order valence-electron chi connectivity index (χ4n) is 0.684. The largest absolute Gasteiger partial charge is 3.00 e. The van der Waals surface area contributed by atoms with E-state index >= 15 is 0 Å². The van der Waals surface area contributed by atoms with Crippen LogP contribution in [0.15, 0.2) is 0 Å². The van der Waals surface area contributed by atoms with Crippen molar-refractivity contribution in [2.45, 2.75) is 18.4 Å². The van der Waals surface area contributed by atoms with Crippen LogP contribution >= 0.6 is 11.9 Å². The molecule has 0 saturated carbocycles. The van der Waals surface area contributed by atoms with E-state index in [0.29, 0.717) is 0 Å². The van der Waals surface area contributed by atoms with E-state index < -0.39 is 36.4 Å². The van der Waals surface area contributed by atoms with E-state index in [1.165, 1.54) is 0 Å². The zero-order valence-corrected chi connectivity index (χ0v) is 9.62. The Morgan fingerprint density at radius 2 is 1.25 bits per heavy atom. The molecule has 0 rings (SSSR count). The fraction of sp³-hybridized carbons (Fsp3) is 0.500. The normalized spacial score (nSPS) is 9.19. The Morgan fingerprint density at radius 1 is 1.00 bits per heavy atom. The van der Waals surface area contributed by atoms with Crippen LogP contribution in [0.1, 0.15) is 12.8 Å². The van der Waals surface area contributed by atoms with Gasteiger partial charge in [-0.05, 0) is 0 Å². The molecule has 0 aromatic carbocycles. The Balaban J connectivity index is -0.000000529. The topological polar surface area (TPSA) is 161 Å². The molecule has 0 radical (unpaired) electrons. The van der Waals surface area contributed by atoms with Crippen LogP contribution < -0.4 is 15.3 Å². The molecule has 0 unspecified atom stereocenters. The second kappa shape index (κ2) is 9.38. The third-order valence-corrected chi connectivity index (χ3v) is 1.25. The number of carbonyl (C=O) groups excluding carboxylic acids is 3. The molecule has 0 spiro atoms. The Labute approximate surface area is 105 Å². The van der Waals surface area contributed by atoms with Gasteiger partial charge in [0.1, 0.15) is 5.60 Å². The first-order valence-electron chi connectivity index (χ1n) is 3.28. The molecule has 0 aromatic rings. The smallest absolute Gasteiger partial charge is 0.550 e. The maximum atomic E-state index is 10.1. The van der Waals surface area contributed by atoms with Gasteiger partial charge in [0.25, 0.3) is 0 Å². The van der Waals surface area contributed by atoms with Crippen LogP contribution in [0, 0.1) is 0 Å². The zero-order chi connectivity index (χ0) is 12.6. The summed E-state index contributed by atoms with van der Waals surface area (Å²) in [5.41, 5.74) is -2.97. The fourth-order valence-corrected chi connectivity index (χ4v) is 0.684. The van der Waals surface area contributed by atoms with E-state index in [0.717, 1.165) is 0 Å². The van der Waals surface area contributed by atoms with Crippen molar-refractivity contribution in [1.82, 2.24) is 0 Å². The molecule has 0 aliphatic heterocycles. The number of carbonyl (C=O) groups is 3. The van der Waals surface area contributed by atoms with Gasteiger partial charge < -0.3 is 34.8 Å². The summed E-state index contributed by atoms with van der Waals surface area (Å²) in [6, 6.07) is 0. The predicted octanol–water partition coefficient (Wildman–Crippen LogP) is -5.50. The summed E-state index contributed by atoms with van der Waals surface area (Å²) in [6.07, 6.45) is -2.72. The standard InChI is InChI=1S/C6H8O7.Al.ClHO/c7-3(8)1-6(13,5(11)12)2-4(9)10;;1-2/h13H,1-2H2,(H,7,8)(H,9,10)(H,11,12);;2H/q;+3;/p-3. The number of hydrogen-bond donors (Lipinski definition) is 2. The maximum Gasteiger partial charge on any atom is 3.00 e.